The number of hydrogen-bond donors (Lipinski definition) is 4. The number of nitrogens with zero attached hydrogens (tertiary/aromatic N) is 4. The van der Waals surface area contributed by atoms with Crippen LogP contribution in [0.25, 0.3) is 5.69 Å². The molecule has 1 aromatic heterocycles. The maximum atomic E-state index is 13.9. The van der Waals surface area contributed by atoms with E-state index in [0.717, 1.165) is 23.3 Å². The van der Waals surface area contributed by atoms with Gasteiger partial charge in [-0.05, 0) is 69.7 Å². The van der Waals surface area contributed by atoms with Gasteiger partial charge in [-0.2, -0.15) is 0 Å². The van der Waals surface area contributed by atoms with Crippen molar-refractivity contribution in [1.29, 1.82) is 0 Å². The van der Waals surface area contributed by atoms with Crippen molar-refractivity contribution >= 4 is 41.0 Å². The van der Waals surface area contributed by atoms with E-state index in [2.05, 4.69) is 39.6 Å². The molecule has 0 aliphatic heterocycles. The molecule has 0 aliphatic carbocycles. The average molecular weight is 646 g/mol. The lowest BCUT2D eigenvalue weighted by atomic mass is 9.94. The summed E-state index contributed by atoms with van der Waals surface area (Å²) in [6.07, 6.45) is 2.24. The first-order chi connectivity index (χ1) is 20.9. The Labute approximate surface area is 268 Å². The summed E-state index contributed by atoms with van der Waals surface area (Å²) in [6.45, 7) is 10.8. The van der Waals surface area contributed by atoms with E-state index in [9.17, 15) is 9.59 Å². The lowest BCUT2D eigenvalue weighted by Crippen LogP contribution is -2.48. The number of aromatic nitrogens is 3. The summed E-state index contributed by atoms with van der Waals surface area (Å²) in [5, 5.41) is 11.2. The van der Waals surface area contributed by atoms with Crippen LogP contribution in [0.1, 0.15) is 80.1 Å². The van der Waals surface area contributed by atoms with Crippen LogP contribution < -0.4 is 26.8 Å². The summed E-state index contributed by atoms with van der Waals surface area (Å²) in [7, 11) is 0. The van der Waals surface area contributed by atoms with Crippen LogP contribution in [0.4, 0.5) is 0 Å². The maximum Gasteiger partial charge on any atom is 0.291 e. The van der Waals surface area contributed by atoms with Gasteiger partial charge in [0.25, 0.3) is 5.91 Å². The molecule has 0 saturated heterocycles. The van der Waals surface area contributed by atoms with Crippen LogP contribution in [0.15, 0.2) is 41.4 Å². The number of nitrogens with two attached hydrogens (primary N) is 2. The van der Waals surface area contributed by atoms with Crippen LogP contribution in [0.2, 0.25) is 10.0 Å². The number of benzene rings is 2. The third-order valence-corrected chi connectivity index (χ3v) is 7.09. The molecule has 0 bridgehead atoms. The number of hydrogen-bond acceptors (Lipinski definition) is 6. The third kappa shape index (κ3) is 10.1. The van der Waals surface area contributed by atoms with Gasteiger partial charge < -0.3 is 26.8 Å². The molecule has 0 saturated carbocycles. The van der Waals surface area contributed by atoms with E-state index >= 15 is 0 Å². The van der Waals surface area contributed by atoms with Gasteiger partial charge in [0.2, 0.25) is 11.7 Å². The van der Waals surface area contributed by atoms with Gasteiger partial charge in [-0.1, -0.05) is 61.7 Å². The van der Waals surface area contributed by atoms with Crippen LogP contribution >= 0.6 is 23.2 Å². The van der Waals surface area contributed by atoms with E-state index in [1.165, 1.54) is 4.68 Å². The fourth-order valence-corrected chi connectivity index (χ4v) is 5.19. The molecule has 0 fully saturated rings. The molecule has 0 spiro atoms. The predicted molar refractivity (Wildman–Crippen MR) is 175 cm³/mol. The zero-order chi connectivity index (χ0) is 32.4. The SMILES string of the molecule is CCCOc1ccc(C)cc1C(CC(C)C)NC(=O)C(CCCN=C(N)N)NC(=O)c1nc(C)n(-c2cc(Cl)cc(Cl)c2)n1. The molecule has 44 heavy (non-hydrogen) atoms. The lowest BCUT2D eigenvalue weighted by molar-refractivity contribution is -0.124. The van der Waals surface area contributed by atoms with Gasteiger partial charge in [0.1, 0.15) is 17.6 Å². The third-order valence-electron chi connectivity index (χ3n) is 6.66. The fourth-order valence-electron chi connectivity index (χ4n) is 4.68. The van der Waals surface area contributed by atoms with Gasteiger partial charge in [-0.3, -0.25) is 14.6 Å². The number of ether oxygens (including phenoxy) is 1. The number of guanidine groups is 1. The van der Waals surface area contributed by atoms with Crippen molar-refractivity contribution in [2.45, 2.75) is 72.4 Å². The molecule has 0 radical (unpaired) electrons. The van der Waals surface area contributed by atoms with E-state index in [0.29, 0.717) is 47.6 Å². The Kier molecular flexibility index (Phi) is 12.8. The molecule has 3 rings (SSSR count). The molecular formula is C31H42Cl2N8O3. The number of nitrogens with one attached hydrogen (secondary N) is 2. The van der Waals surface area contributed by atoms with Crippen LogP contribution in [0.3, 0.4) is 0 Å². The van der Waals surface area contributed by atoms with Crippen molar-refractivity contribution in [3.63, 3.8) is 0 Å². The van der Waals surface area contributed by atoms with Gasteiger partial charge >= 0.3 is 0 Å². The first kappa shape index (κ1) is 34.7. The molecule has 2 unspecified atom stereocenters. The minimum absolute atomic E-state index is 0.0441. The van der Waals surface area contributed by atoms with Gasteiger partial charge in [-0.15, -0.1) is 5.10 Å². The Balaban J connectivity index is 1.88. The minimum Gasteiger partial charge on any atom is -0.493 e. The fraction of sp³-hybridized carbons (Fsp3) is 0.452. The van der Waals surface area contributed by atoms with Crippen molar-refractivity contribution in [1.82, 2.24) is 25.4 Å². The van der Waals surface area contributed by atoms with E-state index in [1.54, 1.807) is 25.1 Å². The second kappa shape index (κ2) is 16.3. The first-order valence-electron chi connectivity index (χ1n) is 14.7. The van der Waals surface area contributed by atoms with Gasteiger partial charge in [-0.25, -0.2) is 9.67 Å². The van der Waals surface area contributed by atoms with Gasteiger partial charge in [0.05, 0.1) is 18.3 Å². The highest BCUT2D eigenvalue weighted by Crippen LogP contribution is 2.31. The summed E-state index contributed by atoms with van der Waals surface area (Å²) < 4.78 is 7.51. The van der Waals surface area contributed by atoms with Gasteiger partial charge in [0, 0.05) is 22.2 Å². The molecule has 3 aromatic rings. The number of aryl methyl sites for hydroxylation is 2. The number of carbonyl (C=O) groups excluding carboxylic acids is 2. The monoisotopic (exact) mass is 644 g/mol. The topological polar surface area (TPSA) is 163 Å². The van der Waals surface area contributed by atoms with E-state index in [1.807, 2.05) is 32.0 Å². The molecule has 0 aliphatic rings. The Morgan fingerprint density at radius 2 is 1.77 bits per heavy atom. The number of halogens is 2. The number of rotatable bonds is 15. The summed E-state index contributed by atoms with van der Waals surface area (Å²) in [5.41, 5.74) is 13.4. The molecule has 6 N–H and O–H groups in total. The van der Waals surface area contributed by atoms with Crippen LogP contribution in [-0.4, -0.2) is 51.7 Å². The molecular weight excluding hydrogens is 603 g/mol. The van der Waals surface area contributed by atoms with Crippen LogP contribution in [0.5, 0.6) is 5.75 Å². The predicted octanol–water partition coefficient (Wildman–Crippen LogP) is 5.04. The molecule has 2 amide bonds. The van der Waals surface area contributed by atoms with Crippen molar-refractivity contribution in [2.75, 3.05) is 13.2 Å². The van der Waals surface area contributed by atoms with E-state index in [4.69, 9.17) is 39.4 Å². The second-order valence-corrected chi connectivity index (χ2v) is 12.0. The quantitative estimate of drug-likeness (QED) is 0.102. The van der Waals surface area contributed by atoms with E-state index in [-0.39, 0.29) is 36.1 Å². The molecule has 11 nitrogen and oxygen atoms in total. The first-order valence-corrected chi connectivity index (χ1v) is 15.4. The summed E-state index contributed by atoms with van der Waals surface area (Å²) in [4.78, 5) is 35.6. The highest BCUT2D eigenvalue weighted by Gasteiger charge is 2.28. The van der Waals surface area contributed by atoms with Crippen LogP contribution in [-0.2, 0) is 4.79 Å². The smallest absolute Gasteiger partial charge is 0.291 e. The number of amides is 2. The zero-order valence-corrected chi connectivity index (χ0v) is 27.4. The van der Waals surface area contributed by atoms with Crippen molar-refractivity contribution in [3.05, 3.63) is 69.2 Å². The minimum atomic E-state index is -0.913. The Morgan fingerprint density at radius 3 is 2.41 bits per heavy atom. The molecule has 2 atom stereocenters. The Hall–Kier alpha value is -3.83. The summed E-state index contributed by atoms with van der Waals surface area (Å²) in [5.74, 6) is 0.331. The Morgan fingerprint density at radius 1 is 1.07 bits per heavy atom. The van der Waals surface area contributed by atoms with E-state index < -0.39 is 11.9 Å². The maximum absolute atomic E-state index is 13.9. The summed E-state index contributed by atoms with van der Waals surface area (Å²) in [6, 6.07) is 9.62. The Bertz CT molecular complexity index is 1450. The zero-order valence-electron chi connectivity index (χ0n) is 25.9. The highest BCUT2D eigenvalue weighted by atomic mass is 35.5. The summed E-state index contributed by atoms with van der Waals surface area (Å²) >= 11 is 12.3. The van der Waals surface area contributed by atoms with Gasteiger partial charge in [0.15, 0.2) is 5.96 Å². The molecule has 238 valence electrons. The molecule has 13 heteroatoms. The number of carbonyl (C=O) groups is 2. The molecule has 1 heterocycles. The van der Waals surface area contributed by atoms with Crippen LogP contribution in [0, 0.1) is 19.8 Å². The van der Waals surface area contributed by atoms with Crippen molar-refractivity contribution < 1.29 is 14.3 Å². The highest BCUT2D eigenvalue weighted by molar-refractivity contribution is 6.34. The largest absolute Gasteiger partial charge is 0.493 e. The van der Waals surface area contributed by atoms with Crippen molar-refractivity contribution in [3.8, 4) is 11.4 Å². The molecule has 2 aromatic carbocycles. The average Bonchev–Trinajstić information content (AvgIpc) is 3.34. The normalized spacial score (nSPS) is 12.5. The number of aliphatic imine (C=N–C) groups is 1. The van der Waals surface area contributed by atoms with Crippen molar-refractivity contribution in [2.24, 2.45) is 22.4 Å². The second-order valence-electron chi connectivity index (χ2n) is 11.1. The standard InChI is InChI=1S/C31H42Cl2N8O3/c1-6-12-44-27-10-9-19(4)14-24(27)26(13-18(2)3)39-29(42)25(8-7-11-36-31(34)35)38-30(43)28-37-20(5)41(40-28)23-16-21(32)15-22(33)17-23/h9-10,14-18,25-26H,6-8,11-13H2,1-5H3,(H,38,43)(H,39,42)(H4,34,35,36). The lowest BCUT2D eigenvalue weighted by Gasteiger charge is -2.26.